The number of hydrogen-bond donors (Lipinski definition) is 1. The summed E-state index contributed by atoms with van der Waals surface area (Å²) in [6, 6.07) is 5.80. The number of carbonyl (C=O) groups excluding carboxylic acids is 1. The lowest BCUT2D eigenvalue weighted by Gasteiger charge is -2.25. The van der Waals surface area contributed by atoms with E-state index in [1.807, 2.05) is 0 Å². The minimum absolute atomic E-state index is 0.0647. The summed E-state index contributed by atoms with van der Waals surface area (Å²) in [6.45, 7) is 2.02. The Bertz CT molecular complexity index is 1020. The number of piperidine rings is 1. The van der Waals surface area contributed by atoms with Gasteiger partial charge in [-0.05, 0) is 37.0 Å². The van der Waals surface area contributed by atoms with Crippen molar-refractivity contribution >= 4 is 27.3 Å². The maximum atomic E-state index is 12.9. The zero-order valence-corrected chi connectivity index (χ0v) is 15.3. The van der Waals surface area contributed by atoms with E-state index >= 15 is 0 Å². The third kappa shape index (κ3) is 3.68. The molecule has 0 atom stereocenters. The zero-order chi connectivity index (χ0) is 18.8. The van der Waals surface area contributed by atoms with Gasteiger partial charge in [-0.25, -0.2) is 9.37 Å². The molecule has 0 unspecified atom stereocenters. The molecule has 7 nitrogen and oxygen atoms in total. The molecule has 0 bridgehead atoms. The van der Waals surface area contributed by atoms with Gasteiger partial charge in [0, 0.05) is 25.8 Å². The van der Waals surface area contributed by atoms with Crippen molar-refractivity contribution in [1.29, 1.82) is 0 Å². The van der Waals surface area contributed by atoms with E-state index in [1.165, 1.54) is 40.6 Å². The van der Waals surface area contributed by atoms with Crippen LogP contribution in [0.15, 0.2) is 35.3 Å². The van der Waals surface area contributed by atoms with Crippen molar-refractivity contribution in [2.24, 2.45) is 0 Å². The van der Waals surface area contributed by atoms with Crippen molar-refractivity contribution in [2.75, 3.05) is 18.0 Å². The maximum absolute atomic E-state index is 12.9. The summed E-state index contributed by atoms with van der Waals surface area (Å²) in [6.07, 6.45) is 4.71. The minimum atomic E-state index is -0.529. The summed E-state index contributed by atoms with van der Waals surface area (Å²) in [4.78, 5) is 31.9. The molecule has 0 saturated carbocycles. The van der Waals surface area contributed by atoms with Crippen LogP contribution >= 0.6 is 11.3 Å². The molecule has 9 heteroatoms. The highest BCUT2D eigenvalue weighted by Gasteiger charge is 2.19. The molecule has 1 N–H and O–H groups in total. The number of rotatable bonds is 4. The molecule has 3 heterocycles. The lowest BCUT2D eigenvalue weighted by Crippen LogP contribution is -2.32. The lowest BCUT2D eigenvalue weighted by atomic mass is 10.1. The van der Waals surface area contributed by atoms with Gasteiger partial charge in [0.05, 0.1) is 0 Å². The molecule has 1 aromatic carbocycles. The lowest BCUT2D eigenvalue weighted by molar-refractivity contribution is 0.0948. The van der Waals surface area contributed by atoms with Crippen LogP contribution in [0.2, 0.25) is 0 Å². The number of carbonyl (C=O) groups is 1. The summed E-state index contributed by atoms with van der Waals surface area (Å²) in [5.41, 5.74) is 0.182. The number of nitrogens with one attached hydrogen (secondary N) is 1. The predicted octanol–water partition coefficient (Wildman–Crippen LogP) is 2.21. The molecule has 4 rings (SSSR count). The van der Waals surface area contributed by atoms with Gasteiger partial charge < -0.3 is 10.2 Å². The average molecular weight is 387 g/mol. The van der Waals surface area contributed by atoms with Crippen LogP contribution in [0.25, 0.3) is 4.96 Å². The number of nitrogens with zero attached hydrogens (tertiary/aromatic N) is 4. The van der Waals surface area contributed by atoms with Crippen LogP contribution in [0.1, 0.15) is 35.2 Å². The van der Waals surface area contributed by atoms with Crippen LogP contribution < -0.4 is 15.8 Å². The van der Waals surface area contributed by atoms with Crippen LogP contribution in [0.5, 0.6) is 0 Å². The summed E-state index contributed by atoms with van der Waals surface area (Å²) >= 11 is 1.35. The third-order valence-electron chi connectivity index (χ3n) is 4.51. The molecule has 0 aliphatic carbocycles. The van der Waals surface area contributed by atoms with Gasteiger partial charge in [-0.15, -0.1) is 5.10 Å². The second kappa shape index (κ2) is 7.43. The quantitative estimate of drug-likeness (QED) is 0.743. The van der Waals surface area contributed by atoms with Crippen molar-refractivity contribution in [3.8, 4) is 0 Å². The number of amides is 1. The molecule has 1 amide bonds. The Hall–Kier alpha value is -2.81. The van der Waals surface area contributed by atoms with Crippen molar-refractivity contribution < 1.29 is 9.18 Å². The number of hydrogen-bond acceptors (Lipinski definition) is 6. The minimum Gasteiger partial charge on any atom is -0.348 e. The number of fused-ring (bicyclic) bond motifs is 1. The number of benzene rings is 1. The van der Waals surface area contributed by atoms with E-state index in [0.29, 0.717) is 4.96 Å². The maximum Gasteiger partial charge on any atom is 0.288 e. The van der Waals surface area contributed by atoms with E-state index in [-0.39, 0.29) is 17.9 Å². The smallest absolute Gasteiger partial charge is 0.288 e. The molecular formula is C18H18FN5O2S. The van der Waals surface area contributed by atoms with E-state index in [1.54, 1.807) is 12.1 Å². The molecule has 1 aliphatic rings. The Balaban J connectivity index is 1.54. The molecule has 1 saturated heterocycles. The molecule has 1 aliphatic heterocycles. The second-order valence-electron chi connectivity index (χ2n) is 6.41. The number of anilines is 1. The van der Waals surface area contributed by atoms with Crippen molar-refractivity contribution in [3.63, 3.8) is 0 Å². The largest absolute Gasteiger partial charge is 0.348 e. The van der Waals surface area contributed by atoms with Gasteiger partial charge in [0.15, 0.2) is 0 Å². The number of halogens is 1. The third-order valence-corrected chi connectivity index (χ3v) is 5.50. The van der Waals surface area contributed by atoms with E-state index in [2.05, 4.69) is 20.3 Å². The molecule has 3 aromatic rings. The summed E-state index contributed by atoms with van der Waals surface area (Å²) in [5.74, 6) is -0.871. The fraction of sp³-hybridized carbons (Fsp3) is 0.333. The molecule has 0 spiro atoms. The first-order valence-corrected chi connectivity index (χ1v) is 9.60. The normalized spacial score (nSPS) is 14.5. The second-order valence-corrected chi connectivity index (χ2v) is 7.35. The molecule has 140 valence electrons. The van der Waals surface area contributed by atoms with E-state index in [0.717, 1.165) is 36.6 Å². The van der Waals surface area contributed by atoms with Crippen LogP contribution in [-0.4, -0.2) is 33.6 Å². The Morgan fingerprint density at radius 3 is 2.67 bits per heavy atom. The van der Waals surface area contributed by atoms with Crippen LogP contribution in [-0.2, 0) is 6.54 Å². The van der Waals surface area contributed by atoms with Crippen LogP contribution in [0, 0.1) is 5.82 Å². The van der Waals surface area contributed by atoms with E-state index in [4.69, 9.17) is 0 Å². The number of aromatic nitrogens is 3. The highest BCUT2D eigenvalue weighted by Crippen LogP contribution is 2.24. The summed E-state index contributed by atoms with van der Waals surface area (Å²) in [5, 5.41) is 7.79. The molecular weight excluding hydrogens is 369 g/mol. The van der Waals surface area contributed by atoms with E-state index in [9.17, 15) is 14.0 Å². The Kier molecular flexibility index (Phi) is 4.85. The van der Waals surface area contributed by atoms with Crippen molar-refractivity contribution in [1.82, 2.24) is 19.9 Å². The molecule has 27 heavy (non-hydrogen) atoms. The summed E-state index contributed by atoms with van der Waals surface area (Å²) in [7, 11) is 0. The standard InChI is InChI=1S/C18H18FN5O2S/c19-13-6-4-12(5-7-13)10-20-15(25)14-11-21-17-24(16(14)26)22-18(27-17)23-8-2-1-3-9-23/h4-7,11H,1-3,8-10H2,(H,20,25). The van der Waals surface area contributed by atoms with Gasteiger partial charge in [-0.2, -0.15) is 4.52 Å². The van der Waals surface area contributed by atoms with Crippen molar-refractivity contribution in [3.05, 3.63) is 57.8 Å². The monoisotopic (exact) mass is 387 g/mol. The molecule has 1 fully saturated rings. The van der Waals surface area contributed by atoms with Crippen LogP contribution in [0.3, 0.4) is 0 Å². The highest BCUT2D eigenvalue weighted by atomic mass is 32.1. The van der Waals surface area contributed by atoms with Crippen LogP contribution in [0.4, 0.5) is 9.52 Å². The van der Waals surface area contributed by atoms with Gasteiger partial charge in [0.2, 0.25) is 10.1 Å². The Labute approximate surface area is 158 Å². The first kappa shape index (κ1) is 17.6. The zero-order valence-electron chi connectivity index (χ0n) is 14.5. The Morgan fingerprint density at radius 1 is 1.19 bits per heavy atom. The van der Waals surface area contributed by atoms with Gasteiger partial charge in [-0.3, -0.25) is 9.59 Å². The molecule has 2 aromatic heterocycles. The topological polar surface area (TPSA) is 79.6 Å². The fourth-order valence-corrected chi connectivity index (χ4v) is 3.94. The summed E-state index contributed by atoms with van der Waals surface area (Å²) < 4.78 is 14.1. The Morgan fingerprint density at radius 2 is 1.93 bits per heavy atom. The predicted molar refractivity (Wildman–Crippen MR) is 101 cm³/mol. The fourth-order valence-electron chi connectivity index (χ4n) is 3.02. The van der Waals surface area contributed by atoms with Crippen molar-refractivity contribution in [2.45, 2.75) is 25.8 Å². The SMILES string of the molecule is O=C(NCc1ccc(F)cc1)c1cnc2sc(N3CCCCC3)nn2c1=O. The first-order valence-electron chi connectivity index (χ1n) is 8.78. The van der Waals surface area contributed by atoms with Gasteiger partial charge >= 0.3 is 0 Å². The average Bonchev–Trinajstić information content (AvgIpc) is 3.14. The highest BCUT2D eigenvalue weighted by molar-refractivity contribution is 7.20. The van der Waals surface area contributed by atoms with E-state index < -0.39 is 11.5 Å². The molecule has 0 radical (unpaired) electrons. The van der Waals surface area contributed by atoms with Gasteiger partial charge in [0.25, 0.3) is 11.5 Å². The first-order chi connectivity index (χ1) is 13.1. The van der Waals surface area contributed by atoms with Gasteiger partial charge in [-0.1, -0.05) is 23.5 Å². The van der Waals surface area contributed by atoms with Gasteiger partial charge in [0.1, 0.15) is 11.4 Å².